The van der Waals surface area contributed by atoms with E-state index < -0.39 is 0 Å². The minimum Gasteiger partial charge on any atom is -0.312 e. The van der Waals surface area contributed by atoms with E-state index >= 15 is 0 Å². The standard InChI is InChI=1S/C28H34N4O2/c1-3-4-5-16-31-25(22-12-14-23(15-13-22)30-17-6-7-26(30)33)19-32-27(34)18-24(29-28(31)32)21-10-8-20(2)9-11-21/h10,12-15,18-20H,3-9,11,16-17H2,1-2H3. The van der Waals surface area contributed by atoms with E-state index in [0.717, 1.165) is 80.7 Å². The van der Waals surface area contributed by atoms with Crippen LogP contribution in [0.15, 0.2) is 47.4 Å². The Morgan fingerprint density at radius 3 is 2.59 bits per heavy atom. The quantitative estimate of drug-likeness (QED) is 0.428. The van der Waals surface area contributed by atoms with Gasteiger partial charge < -0.3 is 9.47 Å². The Kier molecular flexibility index (Phi) is 6.40. The fourth-order valence-corrected chi connectivity index (χ4v) is 5.16. The van der Waals surface area contributed by atoms with Gasteiger partial charge in [0.2, 0.25) is 11.7 Å². The van der Waals surface area contributed by atoms with Crippen LogP contribution >= 0.6 is 0 Å². The van der Waals surface area contributed by atoms with Gasteiger partial charge in [-0.15, -0.1) is 0 Å². The number of fused-ring (bicyclic) bond motifs is 1. The van der Waals surface area contributed by atoms with E-state index in [0.29, 0.717) is 18.1 Å². The summed E-state index contributed by atoms with van der Waals surface area (Å²) in [7, 11) is 0. The van der Waals surface area contributed by atoms with E-state index in [-0.39, 0.29) is 11.5 Å². The molecule has 1 aliphatic heterocycles. The number of carbonyl (C=O) groups is 1. The number of nitrogens with zero attached hydrogens (tertiary/aromatic N) is 4. The molecular formula is C28H34N4O2. The number of hydrogen-bond acceptors (Lipinski definition) is 3. The Morgan fingerprint density at radius 1 is 1.09 bits per heavy atom. The summed E-state index contributed by atoms with van der Waals surface area (Å²) in [5.74, 6) is 1.60. The van der Waals surface area contributed by atoms with Gasteiger partial charge in [-0.25, -0.2) is 4.98 Å². The molecule has 6 heteroatoms. The first-order chi connectivity index (χ1) is 16.5. The lowest BCUT2D eigenvalue weighted by atomic mass is 9.90. The molecule has 2 aromatic heterocycles. The van der Waals surface area contributed by atoms with Crippen molar-refractivity contribution in [2.75, 3.05) is 11.4 Å². The molecule has 3 aromatic rings. The van der Waals surface area contributed by atoms with Gasteiger partial charge in [0, 0.05) is 37.5 Å². The molecular weight excluding hydrogens is 424 g/mol. The Labute approximate surface area is 200 Å². The lowest BCUT2D eigenvalue weighted by molar-refractivity contribution is -0.117. The van der Waals surface area contributed by atoms with Crippen molar-refractivity contribution in [3.63, 3.8) is 0 Å². The van der Waals surface area contributed by atoms with E-state index in [1.807, 2.05) is 23.2 Å². The maximum atomic E-state index is 13.1. The summed E-state index contributed by atoms with van der Waals surface area (Å²) in [5.41, 5.74) is 4.94. The van der Waals surface area contributed by atoms with Crippen molar-refractivity contribution in [1.82, 2.24) is 14.0 Å². The number of unbranched alkanes of at least 4 members (excludes halogenated alkanes) is 2. The molecule has 1 saturated heterocycles. The minimum absolute atomic E-state index is 0.0331. The summed E-state index contributed by atoms with van der Waals surface area (Å²) in [6.45, 7) is 6.07. The molecule has 0 saturated carbocycles. The molecule has 0 radical (unpaired) electrons. The number of benzene rings is 1. The smallest absolute Gasteiger partial charge is 0.259 e. The SMILES string of the molecule is CCCCCn1c(-c2ccc(N3CCCC3=O)cc2)cn2c(=O)cc(C3=CCC(C)CC3)nc12. The van der Waals surface area contributed by atoms with E-state index in [4.69, 9.17) is 4.98 Å². The molecule has 1 unspecified atom stereocenters. The molecule has 0 N–H and O–H groups in total. The van der Waals surface area contributed by atoms with Crippen LogP contribution in [0.2, 0.25) is 0 Å². The molecule has 1 fully saturated rings. The largest absolute Gasteiger partial charge is 0.312 e. The molecule has 3 heterocycles. The average molecular weight is 459 g/mol. The third-order valence-corrected chi connectivity index (χ3v) is 7.25. The van der Waals surface area contributed by atoms with Gasteiger partial charge in [0.05, 0.1) is 11.4 Å². The molecule has 1 aromatic carbocycles. The summed E-state index contributed by atoms with van der Waals surface area (Å²) in [5, 5.41) is 0. The second kappa shape index (κ2) is 9.61. The molecule has 5 rings (SSSR count). The zero-order valence-electron chi connectivity index (χ0n) is 20.3. The first kappa shape index (κ1) is 22.6. The normalized spacial score (nSPS) is 18.6. The van der Waals surface area contributed by atoms with Crippen LogP contribution in [-0.4, -0.2) is 26.4 Å². The number of rotatable bonds is 7. The Bertz CT molecular complexity index is 1280. The highest BCUT2D eigenvalue weighted by Crippen LogP contribution is 2.30. The topological polar surface area (TPSA) is 59.6 Å². The number of anilines is 1. The van der Waals surface area contributed by atoms with E-state index in [1.54, 1.807) is 10.5 Å². The van der Waals surface area contributed by atoms with Gasteiger partial charge >= 0.3 is 0 Å². The number of amides is 1. The van der Waals surface area contributed by atoms with Gasteiger partial charge in [-0.2, -0.15) is 0 Å². The van der Waals surface area contributed by atoms with E-state index in [1.165, 1.54) is 5.57 Å². The molecule has 0 spiro atoms. The van der Waals surface area contributed by atoms with Crippen molar-refractivity contribution in [3.05, 3.63) is 58.7 Å². The Morgan fingerprint density at radius 2 is 1.91 bits per heavy atom. The first-order valence-corrected chi connectivity index (χ1v) is 12.8. The highest BCUT2D eigenvalue weighted by molar-refractivity contribution is 5.95. The molecule has 178 valence electrons. The number of aromatic nitrogens is 3. The van der Waals surface area contributed by atoms with Gasteiger partial charge in [-0.1, -0.05) is 44.9 Å². The zero-order valence-corrected chi connectivity index (χ0v) is 20.3. The van der Waals surface area contributed by atoms with E-state index in [9.17, 15) is 9.59 Å². The Hall–Kier alpha value is -3.15. The highest BCUT2D eigenvalue weighted by Gasteiger charge is 2.22. The number of aryl methyl sites for hydroxylation is 1. The van der Waals surface area contributed by atoms with Gasteiger partial charge in [-0.3, -0.25) is 14.0 Å². The molecule has 1 amide bonds. The minimum atomic E-state index is -0.0331. The second-order valence-electron chi connectivity index (χ2n) is 9.83. The predicted molar refractivity (Wildman–Crippen MR) is 137 cm³/mol. The molecule has 2 aliphatic rings. The van der Waals surface area contributed by atoms with Crippen LogP contribution < -0.4 is 10.5 Å². The molecule has 1 aliphatic carbocycles. The maximum Gasteiger partial charge on any atom is 0.259 e. The van der Waals surface area contributed by atoms with Crippen molar-refractivity contribution >= 4 is 22.9 Å². The van der Waals surface area contributed by atoms with Crippen LogP contribution in [0, 0.1) is 5.92 Å². The van der Waals surface area contributed by atoms with Crippen LogP contribution in [0.4, 0.5) is 5.69 Å². The summed E-state index contributed by atoms with van der Waals surface area (Å²) >= 11 is 0. The van der Waals surface area contributed by atoms with Crippen molar-refractivity contribution in [2.45, 2.75) is 71.8 Å². The van der Waals surface area contributed by atoms with Crippen molar-refractivity contribution < 1.29 is 4.79 Å². The third-order valence-electron chi connectivity index (χ3n) is 7.25. The van der Waals surface area contributed by atoms with Gasteiger partial charge in [-0.05, 0) is 61.3 Å². The molecule has 1 atom stereocenters. The van der Waals surface area contributed by atoms with Gasteiger partial charge in [0.15, 0.2) is 0 Å². The summed E-state index contributed by atoms with van der Waals surface area (Å²) in [4.78, 5) is 32.1. The van der Waals surface area contributed by atoms with Crippen molar-refractivity contribution in [1.29, 1.82) is 0 Å². The summed E-state index contributed by atoms with van der Waals surface area (Å²) in [6, 6.07) is 9.84. The lowest BCUT2D eigenvalue weighted by Crippen LogP contribution is -2.23. The van der Waals surface area contributed by atoms with Gasteiger partial charge in [0.25, 0.3) is 5.56 Å². The van der Waals surface area contributed by atoms with Gasteiger partial charge in [0.1, 0.15) is 0 Å². The third kappa shape index (κ3) is 4.33. The number of allylic oxidation sites excluding steroid dienone is 2. The number of hydrogen-bond donors (Lipinski definition) is 0. The summed E-state index contributed by atoms with van der Waals surface area (Å²) in [6.07, 6.45) is 12.2. The maximum absolute atomic E-state index is 13.1. The first-order valence-electron chi connectivity index (χ1n) is 12.8. The Balaban J connectivity index is 1.56. The molecule has 34 heavy (non-hydrogen) atoms. The number of imidazole rings is 1. The van der Waals surface area contributed by atoms with E-state index in [2.05, 4.69) is 36.6 Å². The molecule has 6 nitrogen and oxygen atoms in total. The predicted octanol–water partition coefficient (Wildman–Crippen LogP) is 5.68. The van der Waals surface area contributed by atoms with Crippen LogP contribution in [0.25, 0.3) is 22.6 Å². The van der Waals surface area contributed by atoms with Crippen LogP contribution in [0.1, 0.15) is 70.9 Å². The average Bonchev–Trinajstić information content (AvgIpc) is 3.44. The van der Waals surface area contributed by atoms with Crippen LogP contribution in [-0.2, 0) is 11.3 Å². The van der Waals surface area contributed by atoms with Crippen molar-refractivity contribution in [2.24, 2.45) is 5.92 Å². The highest BCUT2D eigenvalue weighted by atomic mass is 16.2. The van der Waals surface area contributed by atoms with Crippen LogP contribution in [0.3, 0.4) is 0 Å². The summed E-state index contributed by atoms with van der Waals surface area (Å²) < 4.78 is 3.89. The number of carbonyl (C=O) groups excluding carboxylic acids is 1. The van der Waals surface area contributed by atoms with Crippen LogP contribution in [0.5, 0.6) is 0 Å². The van der Waals surface area contributed by atoms with Crippen molar-refractivity contribution in [3.8, 4) is 11.3 Å². The fourth-order valence-electron chi connectivity index (χ4n) is 5.16. The second-order valence-corrected chi connectivity index (χ2v) is 9.83. The lowest BCUT2D eigenvalue weighted by Gasteiger charge is -2.18. The fraction of sp³-hybridized carbons (Fsp3) is 0.464. The zero-order chi connectivity index (χ0) is 23.7. The monoisotopic (exact) mass is 458 g/mol. The molecule has 0 bridgehead atoms.